The van der Waals surface area contributed by atoms with Crippen molar-refractivity contribution < 1.29 is 33.1 Å². The van der Waals surface area contributed by atoms with Crippen molar-refractivity contribution >= 4 is 23.2 Å². The largest absolute Gasteiger partial charge is 0.454 e. The smallest absolute Gasteiger partial charge is 0.274 e. The molecule has 1 N–H and O–H groups in total. The summed E-state index contributed by atoms with van der Waals surface area (Å²) in [6.45, 7) is 0.0394. The molecular weight excluding hydrogens is 446 g/mol. The van der Waals surface area contributed by atoms with Crippen molar-refractivity contribution in [1.82, 2.24) is 15.1 Å². The molecular formula is C22H17N5O7. The van der Waals surface area contributed by atoms with Crippen LogP contribution in [0.5, 0.6) is 23.0 Å². The van der Waals surface area contributed by atoms with Gasteiger partial charge in [0.05, 0.1) is 0 Å². The van der Waals surface area contributed by atoms with Crippen molar-refractivity contribution in [2.24, 2.45) is 5.10 Å². The lowest BCUT2D eigenvalue weighted by Crippen LogP contribution is -2.38. The summed E-state index contributed by atoms with van der Waals surface area (Å²) in [5.74, 6) is 2.24. The second-order valence-electron chi connectivity index (χ2n) is 7.61. The van der Waals surface area contributed by atoms with Crippen molar-refractivity contribution in [3.8, 4) is 34.4 Å². The molecule has 0 saturated carbocycles. The maximum Gasteiger partial charge on any atom is 0.274 e. The lowest BCUT2D eigenvalue weighted by Gasteiger charge is -2.21. The van der Waals surface area contributed by atoms with E-state index < -0.39 is 5.91 Å². The van der Waals surface area contributed by atoms with Crippen LogP contribution < -0.4 is 24.3 Å². The summed E-state index contributed by atoms with van der Waals surface area (Å²) in [4.78, 5) is 29.3. The van der Waals surface area contributed by atoms with Gasteiger partial charge in [0.15, 0.2) is 23.0 Å². The molecule has 34 heavy (non-hydrogen) atoms. The SMILES string of the molecule is O=C(CN1N=C(c2nc(-c3ccc4c(c3)OCO4)no2)CCC1=O)Nc1ccc2c(c1)OCO2. The van der Waals surface area contributed by atoms with Crippen molar-refractivity contribution in [3.63, 3.8) is 0 Å². The molecule has 0 spiro atoms. The van der Waals surface area contributed by atoms with Crippen molar-refractivity contribution in [2.45, 2.75) is 12.8 Å². The number of anilines is 1. The number of amides is 2. The molecule has 0 fully saturated rings. The first-order valence-corrected chi connectivity index (χ1v) is 10.4. The van der Waals surface area contributed by atoms with Gasteiger partial charge in [0.1, 0.15) is 12.3 Å². The van der Waals surface area contributed by atoms with Gasteiger partial charge in [-0.1, -0.05) is 5.16 Å². The minimum Gasteiger partial charge on any atom is -0.454 e. The Labute approximate surface area is 192 Å². The molecule has 0 bridgehead atoms. The average molecular weight is 463 g/mol. The summed E-state index contributed by atoms with van der Waals surface area (Å²) in [5.41, 5.74) is 1.63. The number of rotatable bonds is 5. The van der Waals surface area contributed by atoms with Crippen LogP contribution in [0.25, 0.3) is 11.4 Å². The summed E-state index contributed by atoms with van der Waals surface area (Å²) in [6.07, 6.45) is 0.486. The Balaban J connectivity index is 1.16. The molecule has 0 unspecified atom stereocenters. The van der Waals surface area contributed by atoms with Crippen LogP contribution in [0.1, 0.15) is 18.7 Å². The van der Waals surface area contributed by atoms with Crippen LogP contribution in [0.3, 0.4) is 0 Å². The Hall–Kier alpha value is -4.61. The number of nitrogens with zero attached hydrogens (tertiary/aromatic N) is 4. The van der Waals surface area contributed by atoms with Gasteiger partial charge >= 0.3 is 0 Å². The minimum atomic E-state index is -0.413. The summed E-state index contributed by atoms with van der Waals surface area (Å²) < 4.78 is 26.6. The fourth-order valence-corrected chi connectivity index (χ4v) is 3.68. The number of benzene rings is 2. The lowest BCUT2D eigenvalue weighted by molar-refractivity contribution is -0.135. The van der Waals surface area contributed by atoms with Crippen LogP contribution in [0.4, 0.5) is 5.69 Å². The highest BCUT2D eigenvalue weighted by atomic mass is 16.7. The normalized spacial score (nSPS) is 15.9. The van der Waals surface area contributed by atoms with E-state index in [9.17, 15) is 9.59 Å². The van der Waals surface area contributed by atoms with Gasteiger partial charge in [0, 0.05) is 30.2 Å². The van der Waals surface area contributed by atoms with E-state index in [1.54, 1.807) is 36.4 Å². The molecule has 0 aliphatic carbocycles. The zero-order valence-electron chi connectivity index (χ0n) is 17.6. The third-order valence-corrected chi connectivity index (χ3v) is 5.36. The van der Waals surface area contributed by atoms with Gasteiger partial charge in [-0.2, -0.15) is 10.1 Å². The second-order valence-corrected chi connectivity index (χ2v) is 7.61. The molecule has 0 radical (unpaired) electrons. The first-order valence-electron chi connectivity index (χ1n) is 10.4. The molecule has 12 nitrogen and oxygen atoms in total. The highest BCUT2D eigenvalue weighted by Gasteiger charge is 2.27. The first-order chi connectivity index (χ1) is 16.6. The van der Waals surface area contributed by atoms with Gasteiger partial charge in [-0.25, -0.2) is 5.01 Å². The number of carbonyl (C=O) groups excluding carboxylic acids is 2. The number of fused-ring (bicyclic) bond motifs is 2. The Kier molecular flexibility index (Phi) is 4.75. The van der Waals surface area contributed by atoms with E-state index in [1.807, 2.05) is 0 Å². The number of aromatic nitrogens is 2. The van der Waals surface area contributed by atoms with Crippen molar-refractivity contribution in [2.75, 3.05) is 25.4 Å². The molecule has 2 aromatic carbocycles. The minimum absolute atomic E-state index is 0.137. The Bertz CT molecular complexity index is 1330. The van der Waals surface area contributed by atoms with Gasteiger partial charge in [-0.3, -0.25) is 9.59 Å². The van der Waals surface area contributed by atoms with Crippen LogP contribution in [-0.2, 0) is 9.59 Å². The molecule has 3 aliphatic heterocycles. The lowest BCUT2D eigenvalue weighted by atomic mass is 10.1. The molecule has 2 amide bonds. The van der Waals surface area contributed by atoms with E-state index in [1.165, 1.54) is 0 Å². The van der Waals surface area contributed by atoms with Gasteiger partial charge in [0.2, 0.25) is 31.2 Å². The molecule has 3 aliphatic rings. The molecule has 0 saturated heterocycles. The van der Waals surface area contributed by atoms with E-state index in [-0.39, 0.29) is 38.3 Å². The third kappa shape index (κ3) is 3.74. The highest BCUT2D eigenvalue weighted by Crippen LogP contribution is 2.35. The van der Waals surface area contributed by atoms with E-state index >= 15 is 0 Å². The quantitative estimate of drug-likeness (QED) is 0.603. The fraction of sp³-hybridized carbons (Fsp3) is 0.227. The maximum atomic E-state index is 12.5. The predicted molar refractivity (Wildman–Crippen MR) is 115 cm³/mol. The van der Waals surface area contributed by atoms with Gasteiger partial charge in [-0.05, 0) is 30.3 Å². The molecule has 3 aromatic rings. The maximum absolute atomic E-state index is 12.5. The first kappa shape index (κ1) is 20.0. The van der Waals surface area contributed by atoms with Crippen LogP contribution in [-0.4, -0.2) is 52.8 Å². The Morgan fingerprint density at radius 3 is 2.50 bits per heavy atom. The zero-order chi connectivity index (χ0) is 23.1. The van der Waals surface area contributed by atoms with Gasteiger partial charge in [-0.15, -0.1) is 0 Å². The van der Waals surface area contributed by atoms with Crippen LogP contribution >= 0.6 is 0 Å². The molecule has 172 valence electrons. The number of ether oxygens (including phenoxy) is 4. The van der Waals surface area contributed by atoms with Gasteiger partial charge < -0.3 is 28.8 Å². The van der Waals surface area contributed by atoms with E-state index in [2.05, 4.69) is 20.6 Å². The van der Waals surface area contributed by atoms with Crippen LogP contribution in [0, 0.1) is 0 Å². The van der Waals surface area contributed by atoms with E-state index in [0.29, 0.717) is 52.2 Å². The molecule has 0 atom stereocenters. The number of hydrogen-bond acceptors (Lipinski definition) is 10. The molecule has 4 heterocycles. The van der Waals surface area contributed by atoms with Crippen molar-refractivity contribution in [3.05, 3.63) is 42.3 Å². The summed E-state index contributed by atoms with van der Waals surface area (Å²) in [5, 5.41) is 12.1. The Morgan fingerprint density at radius 2 is 1.68 bits per heavy atom. The van der Waals surface area contributed by atoms with E-state index in [4.69, 9.17) is 23.5 Å². The number of carbonyl (C=O) groups is 2. The van der Waals surface area contributed by atoms with E-state index in [0.717, 1.165) is 5.01 Å². The summed E-state index contributed by atoms with van der Waals surface area (Å²) >= 11 is 0. The van der Waals surface area contributed by atoms with Crippen LogP contribution in [0.2, 0.25) is 0 Å². The highest BCUT2D eigenvalue weighted by molar-refractivity contribution is 6.02. The number of hydrogen-bond donors (Lipinski definition) is 1. The zero-order valence-corrected chi connectivity index (χ0v) is 17.6. The standard InChI is InChI=1S/C22H17N5O7/c28-19(23-13-2-5-16-18(8-13)33-11-31-16)9-27-20(29)6-3-14(25-27)22-24-21(26-34-22)12-1-4-15-17(7-12)32-10-30-15/h1-2,4-5,7-8H,3,6,9-11H2,(H,23,28). The summed E-state index contributed by atoms with van der Waals surface area (Å²) in [7, 11) is 0. The third-order valence-electron chi connectivity index (χ3n) is 5.36. The number of hydrazone groups is 1. The Morgan fingerprint density at radius 1 is 0.941 bits per heavy atom. The molecule has 1 aromatic heterocycles. The van der Waals surface area contributed by atoms with Gasteiger partial charge in [0.25, 0.3) is 5.89 Å². The average Bonchev–Trinajstić information content (AvgIpc) is 3.60. The fourth-order valence-electron chi connectivity index (χ4n) is 3.68. The topological polar surface area (TPSA) is 138 Å². The number of nitrogens with one attached hydrogen (secondary N) is 1. The second kappa shape index (κ2) is 8.06. The monoisotopic (exact) mass is 463 g/mol. The molecule has 12 heteroatoms. The summed E-state index contributed by atoms with van der Waals surface area (Å²) in [6, 6.07) is 10.4. The van der Waals surface area contributed by atoms with Crippen LogP contribution in [0.15, 0.2) is 46.0 Å². The molecule has 6 rings (SSSR count). The van der Waals surface area contributed by atoms with Crippen molar-refractivity contribution in [1.29, 1.82) is 0 Å². The predicted octanol–water partition coefficient (Wildman–Crippen LogP) is 2.16.